The Morgan fingerprint density at radius 1 is 1.47 bits per heavy atom. The fourth-order valence-electron chi connectivity index (χ4n) is 1.54. The molecule has 0 aliphatic heterocycles. The lowest BCUT2D eigenvalue weighted by atomic mass is 10.1. The van der Waals surface area contributed by atoms with Crippen molar-refractivity contribution in [1.82, 2.24) is 0 Å². The molecule has 0 fully saturated rings. The number of aliphatic carboxylic acids is 1. The normalized spacial score (nSPS) is 11.9. The molecule has 1 aromatic carbocycles. The molecular weight excluding hydrogens is 264 g/mol. The molecule has 4 N–H and O–H groups in total. The number of carboxylic acid groups (broad SMARTS) is 1. The first-order valence-corrected chi connectivity index (χ1v) is 7.28. The Morgan fingerprint density at radius 2 is 2.21 bits per heavy atom. The summed E-state index contributed by atoms with van der Waals surface area (Å²) in [4.78, 5) is 22.4. The molecule has 0 spiro atoms. The van der Waals surface area contributed by atoms with Gasteiger partial charge in [-0.25, -0.2) is 0 Å². The van der Waals surface area contributed by atoms with Crippen LogP contribution in [0.15, 0.2) is 24.3 Å². The number of thioether (sulfide) groups is 1. The van der Waals surface area contributed by atoms with E-state index < -0.39 is 12.0 Å². The Labute approximate surface area is 116 Å². The third-order valence-corrected chi connectivity index (χ3v) is 3.16. The number of nitrogens with one attached hydrogen (secondary N) is 1. The van der Waals surface area contributed by atoms with Crippen LogP contribution in [0, 0.1) is 0 Å². The Morgan fingerprint density at radius 3 is 2.84 bits per heavy atom. The van der Waals surface area contributed by atoms with E-state index in [0.29, 0.717) is 17.7 Å². The van der Waals surface area contributed by atoms with Crippen LogP contribution in [0.1, 0.15) is 12.0 Å². The van der Waals surface area contributed by atoms with E-state index in [0.717, 1.165) is 5.75 Å². The van der Waals surface area contributed by atoms with Gasteiger partial charge in [-0.2, -0.15) is 11.8 Å². The van der Waals surface area contributed by atoms with Gasteiger partial charge < -0.3 is 16.2 Å². The molecule has 19 heavy (non-hydrogen) atoms. The van der Waals surface area contributed by atoms with Crippen LogP contribution in [0.2, 0.25) is 0 Å². The predicted octanol–water partition coefficient (Wildman–Crippen LogP) is 1.33. The average Bonchev–Trinajstić information content (AvgIpc) is 2.35. The minimum atomic E-state index is -0.903. The first-order valence-electron chi connectivity index (χ1n) is 5.89. The second kappa shape index (κ2) is 7.81. The monoisotopic (exact) mass is 282 g/mol. The van der Waals surface area contributed by atoms with Crippen molar-refractivity contribution in [3.8, 4) is 0 Å². The molecule has 0 aromatic heterocycles. The van der Waals surface area contributed by atoms with Crippen molar-refractivity contribution in [2.24, 2.45) is 5.73 Å². The molecule has 0 unspecified atom stereocenters. The number of benzene rings is 1. The van der Waals surface area contributed by atoms with Gasteiger partial charge in [0.05, 0.1) is 12.5 Å². The molecule has 1 aromatic rings. The van der Waals surface area contributed by atoms with Crippen LogP contribution in [0.25, 0.3) is 0 Å². The van der Waals surface area contributed by atoms with Gasteiger partial charge in [-0.3, -0.25) is 9.59 Å². The van der Waals surface area contributed by atoms with Gasteiger partial charge in [0.2, 0.25) is 5.91 Å². The summed E-state index contributed by atoms with van der Waals surface area (Å²) in [6, 6.07) is 6.23. The van der Waals surface area contributed by atoms with Crippen LogP contribution >= 0.6 is 11.8 Å². The number of carbonyl (C=O) groups excluding carboxylic acids is 1. The molecule has 1 atom stereocenters. The van der Waals surface area contributed by atoms with E-state index in [-0.39, 0.29) is 12.3 Å². The molecule has 5 nitrogen and oxygen atoms in total. The number of amides is 1. The summed E-state index contributed by atoms with van der Waals surface area (Å²) in [6.07, 6.45) is 2.50. The number of hydrogen-bond acceptors (Lipinski definition) is 4. The lowest BCUT2D eigenvalue weighted by Crippen LogP contribution is -2.36. The predicted molar refractivity (Wildman–Crippen MR) is 77.4 cm³/mol. The average molecular weight is 282 g/mol. The lowest BCUT2D eigenvalue weighted by molar-refractivity contribution is -0.136. The number of nitrogens with two attached hydrogens (primary N) is 1. The van der Waals surface area contributed by atoms with Crippen molar-refractivity contribution >= 4 is 29.3 Å². The second-order valence-corrected chi connectivity index (χ2v) is 5.13. The van der Waals surface area contributed by atoms with E-state index in [4.69, 9.17) is 10.8 Å². The topological polar surface area (TPSA) is 92.4 Å². The molecule has 0 aliphatic carbocycles. The van der Waals surface area contributed by atoms with Gasteiger partial charge in [0.15, 0.2) is 0 Å². The van der Waals surface area contributed by atoms with E-state index in [1.165, 1.54) is 0 Å². The zero-order valence-corrected chi connectivity index (χ0v) is 11.6. The third kappa shape index (κ3) is 5.76. The minimum absolute atomic E-state index is 0.0672. The van der Waals surface area contributed by atoms with Crippen LogP contribution in [0.3, 0.4) is 0 Å². The van der Waals surface area contributed by atoms with Crippen molar-refractivity contribution in [3.63, 3.8) is 0 Å². The van der Waals surface area contributed by atoms with Gasteiger partial charge in [0, 0.05) is 5.69 Å². The largest absolute Gasteiger partial charge is 0.481 e. The molecule has 6 heteroatoms. The van der Waals surface area contributed by atoms with Gasteiger partial charge in [-0.05, 0) is 36.1 Å². The van der Waals surface area contributed by atoms with E-state index in [1.54, 1.807) is 36.0 Å². The van der Waals surface area contributed by atoms with E-state index in [2.05, 4.69) is 5.32 Å². The summed E-state index contributed by atoms with van der Waals surface area (Å²) in [6.45, 7) is 0. The summed E-state index contributed by atoms with van der Waals surface area (Å²) < 4.78 is 0. The zero-order chi connectivity index (χ0) is 14.3. The minimum Gasteiger partial charge on any atom is -0.481 e. The number of anilines is 1. The lowest BCUT2D eigenvalue weighted by Gasteiger charge is -2.12. The number of hydrogen-bond donors (Lipinski definition) is 3. The second-order valence-electron chi connectivity index (χ2n) is 4.15. The SMILES string of the molecule is CSCC[C@H](N)C(=O)Nc1cccc(CC(=O)O)c1. The van der Waals surface area contributed by atoms with Crippen molar-refractivity contribution in [1.29, 1.82) is 0 Å². The third-order valence-electron chi connectivity index (χ3n) is 2.52. The van der Waals surface area contributed by atoms with Gasteiger partial charge >= 0.3 is 5.97 Å². The maximum atomic E-state index is 11.8. The summed E-state index contributed by atoms with van der Waals surface area (Å²) in [5, 5.41) is 11.4. The standard InChI is InChI=1S/C13H18N2O3S/c1-19-6-5-11(14)13(18)15-10-4-2-3-9(7-10)8-12(16)17/h2-4,7,11H,5-6,8,14H2,1H3,(H,15,18)(H,16,17)/t11-/m0/s1. The first kappa shape index (κ1) is 15.5. The Hall–Kier alpha value is -1.53. The smallest absolute Gasteiger partial charge is 0.307 e. The quantitative estimate of drug-likeness (QED) is 0.701. The van der Waals surface area contributed by atoms with Gasteiger partial charge in [0.1, 0.15) is 0 Å². The van der Waals surface area contributed by atoms with Crippen molar-refractivity contribution in [2.45, 2.75) is 18.9 Å². The summed E-state index contributed by atoms with van der Waals surface area (Å²) in [5.74, 6) is -0.324. The van der Waals surface area contributed by atoms with Crippen molar-refractivity contribution < 1.29 is 14.7 Å². The molecule has 0 radical (unpaired) electrons. The highest BCUT2D eigenvalue weighted by molar-refractivity contribution is 7.98. The fourth-order valence-corrected chi connectivity index (χ4v) is 2.03. The molecule has 0 heterocycles. The molecule has 0 aliphatic rings. The number of carbonyl (C=O) groups is 2. The van der Waals surface area contributed by atoms with Crippen LogP contribution in [0.4, 0.5) is 5.69 Å². The van der Waals surface area contributed by atoms with Crippen molar-refractivity contribution in [3.05, 3.63) is 29.8 Å². The van der Waals surface area contributed by atoms with Crippen LogP contribution in [-0.2, 0) is 16.0 Å². The highest BCUT2D eigenvalue weighted by Gasteiger charge is 2.13. The zero-order valence-electron chi connectivity index (χ0n) is 10.8. The fraction of sp³-hybridized carbons (Fsp3) is 0.385. The number of carboxylic acids is 1. The van der Waals surface area contributed by atoms with E-state index in [1.807, 2.05) is 6.26 Å². The van der Waals surface area contributed by atoms with Crippen molar-refractivity contribution in [2.75, 3.05) is 17.3 Å². The summed E-state index contributed by atoms with van der Waals surface area (Å²) in [5.41, 5.74) is 6.96. The van der Waals surface area contributed by atoms with E-state index in [9.17, 15) is 9.59 Å². The molecular formula is C13H18N2O3S. The molecule has 0 bridgehead atoms. The van der Waals surface area contributed by atoms with Crippen LogP contribution < -0.4 is 11.1 Å². The number of rotatable bonds is 7. The summed E-state index contributed by atoms with van der Waals surface area (Å²) in [7, 11) is 0. The maximum absolute atomic E-state index is 11.8. The first-order chi connectivity index (χ1) is 9.02. The Kier molecular flexibility index (Phi) is 6.38. The van der Waals surface area contributed by atoms with E-state index >= 15 is 0 Å². The van der Waals surface area contributed by atoms with Crippen LogP contribution in [0.5, 0.6) is 0 Å². The Bertz CT molecular complexity index is 451. The highest BCUT2D eigenvalue weighted by atomic mass is 32.2. The maximum Gasteiger partial charge on any atom is 0.307 e. The molecule has 0 saturated heterocycles. The summed E-state index contributed by atoms with van der Waals surface area (Å²) >= 11 is 1.64. The molecule has 1 amide bonds. The van der Waals surface area contributed by atoms with Gasteiger partial charge in [-0.15, -0.1) is 0 Å². The highest BCUT2D eigenvalue weighted by Crippen LogP contribution is 2.12. The van der Waals surface area contributed by atoms with Gasteiger partial charge in [-0.1, -0.05) is 12.1 Å². The molecule has 1 rings (SSSR count). The van der Waals surface area contributed by atoms with Gasteiger partial charge in [0.25, 0.3) is 0 Å². The van der Waals surface area contributed by atoms with Crippen LogP contribution in [-0.4, -0.2) is 35.0 Å². The Balaban J connectivity index is 2.61. The molecule has 0 saturated carbocycles. The molecule has 104 valence electrons.